The second-order valence-corrected chi connectivity index (χ2v) is 10.2. The number of anilines is 2. The molecule has 0 saturated carbocycles. The highest BCUT2D eigenvalue weighted by Crippen LogP contribution is 2.29. The van der Waals surface area contributed by atoms with Crippen LogP contribution in [0.5, 0.6) is 11.5 Å². The van der Waals surface area contributed by atoms with Crippen molar-refractivity contribution in [3.63, 3.8) is 0 Å². The van der Waals surface area contributed by atoms with Crippen LogP contribution in [0.15, 0.2) is 83.1 Å². The third kappa shape index (κ3) is 7.12. The summed E-state index contributed by atoms with van der Waals surface area (Å²) < 4.78 is 10.6. The molecule has 0 radical (unpaired) electrons. The zero-order valence-electron chi connectivity index (χ0n) is 20.7. The van der Waals surface area contributed by atoms with Crippen molar-refractivity contribution in [3.05, 3.63) is 83.7 Å². The molecular weight excluding hydrogens is 506 g/mol. The van der Waals surface area contributed by atoms with Gasteiger partial charge in [0.05, 0.1) is 24.7 Å². The van der Waals surface area contributed by atoms with Crippen molar-refractivity contribution < 1.29 is 19.1 Å². The monoisotopic (exact) mass is 533 g/mol. The molecule has 0 aliphatic heterocycles. The lowest BCUT2D eigenvalue weighted by molar-refractivity contribution is -0.115. The first-order chi connectivity index (χ1) is 17.9. The van der Waals surface area contributed by atoms with E-state index in [1.165, 1.54) is 23.1 Å². The fourth-order valence-corrected chi connectivity index (χ4v) is 4.97. The van der Waals surface area contributed by atoms with E-state index in [2.05, 4.69) is 15.6 Å². The van der Waals surface area contributed by atoms with Crippen LogP contribution in [0.2, 0.25) is 0 Å². The Morgan fingerprint density at radius 2 is 1.62 bits per heavy atom. The molecule has 1 heterocycles. The Balaban J connectivity index is 1.29. The van der Waals surface area contributed by atoms with Crippen molar-refractivity contribution in [3.8, 4) is 22.8 Å². The number of amides is 2. The minimum atomic E-state index is -0.336. The van der Waals surface area contributed by atoms with Crippen LogP contribution < -0.4 is 20.1 Å². The largest absolute Gasteiger partial charge is 0.497 e. The zero-order chi connectivity index (χ0) is 26.2. The van der Waals surface area contributed by atoms with Crippen molar-refractivity contribution in [1.82, 2.24) is 4.98 Å². The van der Waals surface area contributed by atoms with Crippen LogP contribution in [0, 0.1) is 0 Å². The molecule has 1 atom stereocenters. The minimum absolute atomic E-state index is 0.130. The number of rotatable bonds is 10. The summed E-state index contributed by atoms with van der Waals surface area (Å²) in [5, 5.41) is 7.92. The van der Waals surface area contributed by atoms with Crippen LogP contribution in [-0.4, -0.2) is 35.8 Å². The van der Waals surface area contributed by atoms with Crippen LogP contribution >= 0.6 is 23.1 Å². The third-order valence-electron chi connectivity index (χ3n) is 5.34. The maximum absolute atomic E-state index is 12.7. The average molecular weight is 534 g/mol. The van der Waals surface area contributed by atoms with Crippen molar-refractivity contribution in [2.45, 2.75) is 24.0 Å². The van der Waals surface area contributed by atoms with E-state index in [1.54, 1.807) is 31.4 Å². The molecule has 0 spiro atoms. The van der Waals surface area contributed by atoms with Crippen molar-refractivity contribution in [2.75, 3.05) is 24.4 Å². The van der Waals surface area contributed by atoms with Gasteiger partial charge in [0, 0.05) is 27.1 Å². The van der Waals surface area contributed by atoms with Gasteiger partial charge in [-0.05, 0) is 86.6 Å². The van der Waals surface area contributed by atoms with Crippen molar-refractivity contribution in [1.29, 1.82) is 0 Å². The molecule has 2 N–H and O–H groups in total. The first-order valence-electron chi connectivity index (χ1n) is 11.7. The fourth-order valence-electron chi connectivity index (χ4n) is 3.38. The van der Waals surface area contributed by atoms with E-state index in [0.717, 1.165) is 21.9 Å². The molecule has 0 aliphatic carbocycles. The van der Waals surface area contributed by atoms with Gasteiger partial charge < -0.3 is 20.1 Å². The predicted molar refractivity (Wildman–Crippen MR) is 150 cm³/mol. The van der Waals surface area contributed by atoms with Gasteiger partial charge >= 0.3 is 0 Å². The van der Waals surface area contributed by atoms with E-state index in [9.17, 15) is 9.59 Å². The highest BCUT2D eigenvalue weighted by Gasteiger charge is 2.17. The van der Waals surface area contributed by atoms with Gasteiger partial charge in [0.2, 0.25) is 5.91 Å². The topological polar surface area (TPSA) is 89.6 Å². The maximum Gasteiger partial charge on any atom is 0.255 e. The van der Waals surface area contributed by atoms with Gasteiger partial charge in [0.1, 0.15) is 11.5 Å². The first-order valence-corrected chi connectivity index (χ1v) is 13.4. The summed E-state index contributed by atoms with van der Waals surface area (Å²) in [7, 11) is 1.58. The van der Waals surface area contributed by atoms with Crippen LogP contribution in [0.25, 0.3) is 11.3 Å². The van der Waals surface area contributed by atoms with Gasteiger partial charge in [-0.3, -0.25) is 9.59 Å². The molecule has 0 aliphatic rings. The Hall–Kier alpha value is -3.82. The second kappa shape index (κ2) is 12.4. The summed E-state index contributed by atoms with van der Waals surface area (Å²) in [5.41, 5.74) is 2.97. The Bertz CT molecular complexity index is 1340. The molecule has 0 bridgehead atoms. The summed E-state index contributed by atoms with van der Waals surface area (Å²) in [6.45, 7) is 4.41. The number of nitrogens with zero attached hydrogens (tertiary/aromatic N) is 1. The number of thioether (sulfide) groups is 1. The molecular formula is C28H27N3O4S2. The van der Waals surface area contributed by atoms with E-state index in [4.69, 9.17) is 9.47 Å². The fraction of sp³-hybridized carbons (Fsp3) is 0.179. The number of thiazole rings is 1. The standard InChI is InChI=1S/C28H27N3O4S2/c1-4-35-23-13-5-19(6-14-23)25-17-36-28(30-25)31-26(32)18(2)37-24-15-9-21(10-16-24)29-27(33)20-7-11-22(34-3)12-8-20/h5-18H,4H2,1-3H3,(H,29,33)(H,30,31,32). The molecule has 4 rings (SSSR count). The van der Waals surface area contributed by atoms with Gasteiger partial charge in [0.15, 0.2) is 5.13 Å². The van der Waals surface area contributed by atoms with E-state index in [1.807, 2.05) is 67.8 Å². The van der Waals surface area contributed by atoms with Gasteiger partial charge in [-0.2, -0.15) is 0 Å². The maximum atomic E-state index is 12.7. The Kier molecular flexibility index (Phi) is 8.81. The van der Waals surface area contributed by atoms with E-state index < -0.39 is 0 Å². The van der Waals surface area contributed by atoms with Crippen LogP contribution in [-0.2, 0) is 4.79 Å². The molecule has 3 aromatic carbocycles. The molecule has 9 heteroatoms. The van der Waals surface area contributed by atoms with Gasteiger partial charge in [-0.15, -0.1) is 23.1 Å². The Morgan fingerprint density at radius 3 is 2.27 bits per heavy atom. The molecule has 2 amide bonds. The van der Waals surface area contributed by atoms with Gasteiger partial charge in [-0.1, -0.05) is 0 Å². The lowest BCUT2D eigenvalue weighted by atomic mass is 10.2. The SMILES string of the molecule is CCOc1ccc(-c2csc(NC(=O)C(C)Sc3ccc(NC(=O)c4ccc(OC)cc4)cc3)n2)cc1. The molecule has 0 fully saturated rings. The molecule has 7 nitrogen and oxygen atoms in total. The molecule has 190 valence electrons. The number of hydrogen-bond donors (Lipinski definition) is 2. The second-order valence-electron chi connectivity index (χ2n) is 7.95. The van der Waals surface area contributed by atoms with Crippen LogP contribution in [0.4, 0.5) is 10.8 Å². The van der Waals surface area contributed by atoms with Gasteiger partial charge in [0.25, 0.3) is 5.91 Å². The molecule has 0 saturated heterocycles. The summed E-state index contributed by atoms with van der Waals surface area (Å²) in [5.74, 6) is 1.17. The average Bonchev–Trinajstić information content (AvgIpc) is 3.38. The number of carbonyl (C=O) groups excluding carboxylic acids is 2. The zero-order valence-corrected chi connectivity index (χ0v) is 22.3. The molecule has 37 heavy (non-hydrogen) atoms. The first kappa shape index (κ1) is 26.2. The number of methoxy groups -OCH3 is 1. The quantitative estimate of drug-likeness (QED) is 0.224. The number of aromatic nitrogens is 1. The number of ether oxygens (including phenoxy) is 2. The van der Waals surface area contributed by atoms with E-state index in [-0.39, 0.29) is 17.1 Å². The van der Waals surface area contributed by atoms with E-state index >= 15 is 0 Å². The van der Waals surface area contributed by atoms with Crippen LogP contribution in [0.1, 0.15) is 24.2 Å². The Morgan fingerprint density at radius 1 is 0.946 bits per heavy atom. The molecule has 1 unspecified atom stereocenters. The lowest BCUT2D eigenvalue weighted by Gasteiger charge is -2.11. The number of benzene rings is 3. The summed E-state index contributed by atoms with van der Waals surface area (Å²) in [6, 6.07) is 22.0. The number of hydrogen-bond acceptors (Lipinski definition) is 7. The van der Waals surface area contributed by atoms with Crippen LogP contribution in [0.3, 0.4) is 0 Å². The predicted octanol–water partition coefficient (Wildman–Crippen LogP) is 6.59. The normalized spacial score (nSPS) is 11.4. The Labute approximate surface area is 224 Å². The van der Waals surface area contributed by atoms with Crippen molar-refractivity contribution >= 4 is 45.7 Å². The highest BCUT2D eigenvalue weighted by atomic mass is 32.2. The summed E-state index contributed by atoms with van der Waals surface area (Å²) >= 11 is 2.82. The number of nitrogens with one attached hydrogen (secondary N) is 2. The summed E-state index contributed by atoms with van der Waals surface area (Å²) in [4.78, 5) is 30.7. The lowest BCUT2D eigenvalue weighted by Crippen LogP contribution is -2.22. The summed E-state index contributed by atoms with van der Waals surface area (Å²) in [6.07, 6.45) is 0. The van der Waals surface area contributed by atoms with E-state index in [0.29, 0.717) is 28.7 Å². The minimum Gasteiger partial charge on any atom is -0.497 e. The van der Waals surface area contributed by atoms with Crippen molar-refractivity contribution in [2.24, 2.45) is 0 Å². The molecule has 1 aromatic heterocycles. The molecule has 4 aromatic rings. The smallest absolute Gasteiger partial charge is 0.255 e. The van der Waals surface area contributed by atoms with Gasteiger partial charge in [-0.25, -0.2) is 4.98 Å². The third-order valence-corrected chi connectivity index (χ3v) is 7.21. The number of carbonyl (C=O) groups is 2. The highest BCUT2D eigenvalue weighted by molar-refractivity contribution is 8.00.